The van der Waals surface area contributed by atoms with Gasteiger partial charge in [-0.1, -0.05) is 42.5 Å². The van der Waals surface area contributed by atoms with Gasteiger partial charge in [0, 0.05) is 45.8 Å². The molecule has 2 aliphatic heterocycles. The third kappa shape index (κ3) is 6.21. The molecule has 2 aromatic carbocycles. The number of hydrogen-bond donors (Lipinski definition) is 0. The summed E-state index contributed by atoms with van der Waals surface area (Å²) < 4.78 is 0. The summed E-state index contributed by atoms with van der Waals surface area (Å²) in [5, 5.41) is 8.97. The normalized spacial score (nSPS) is 19.5. The Kier molecular flexibility index (Phi) is 7.74. The minimum atomic E-state index is -0.0939. The zero-order chi connectivity index (χ0) is 23.0. The van der Waals surface area contributed by atoms with Gasteiger partial charge in [-0.05, 0) is 42.5 Å². The van der Waals surface area contributed by atoms with E-state index in [9.17, 15) is 9.59 Å². The van der Waals surface area contributed by atoms with E-state index in [1.165, 1.54) is 5.56 Å². The number of carbonyl (C=O) groups excluding carboxylic acids is 2. The second-order valence-electron chi connectivity index (χ2n) is 9.10. The molecule has 0 aromatic heterocycles. The zero-order valence-corrected chi connectivity index (χ0v) is 19.2. The lowest BCUT2D eigenvalue weighted by molar-refractivity contribution is -0.140. The van der Waals surface area contributed by atoms with Crippen LogP contribution in [0.2, 0.25) is 0 Å². The molecule has 0 radical (unpaired) electrons. The van der Waals surface area contributed by atoms with Crippen molar-refractivity contribution in [3.63, 3.8) is 0 Å². The maximum absolute atomic E-state index is 13.3. The average molecular weight is 445 g/mol. The van der Waals surface area contributed by atoms with Gasteiger partial charge in [0.25, 0.3) is 0 Å². The topological polar surface area (TPSA) is 67.7 Å². The summed E-state index contributed by atoms with van der Waals surface area (Å²) in [5.74, 6) is 0.221. The van der Waals surface area contributed by atoms with Crippen LogP contribution in [-0.4, -0.2) is 65.8 Å². The predicted octanol–water partition coefficient (Wildman–Crippen LogP) is 3.07. The molecule has 2 fully saturated rings. The Hall–Kier alpha value is -3.17. The summed E-state index contributed by atoms with van der Waals surface area (Å²) in [6.07, 6.45) is 3.09. The summed E-state index contributed by atoms with van der Waals surface area (Å²) in [6.45, 7) is 5.41. The molecule has 0 bridgehead atoms. The van der Waals surface area contributed by atoms with Crippen LogP contribution >= 0.6 is 0 Å². The number of piperidine rings is 1. The van der Waals surface area contributed by atoms with Gasteiger partial charge >= 0.3 is 0 Å². The molecular weight excluding hydrogens is 412 g/mol. The van der Waals surface area contributed by atoms with Gasteiger partial charge < -0.3 is 9.80 Å². The van der Waals surface area contributed by atoms with Crippen LogP contribution in [-0.2, 0) is 22.6 Å². The van der Waals surface area contributed by atoms with E-state index in [0.717, 1.165) is 64.1 Å². The van der Waals surface area contributed by atoms with Crippen LogP contribution < -0.4 is 0 Å². The van der Waals surface area contributed by atoms with Gasteiger partial charge in [0.05, 0.1) is 24.0 Å². The molecule has 6 nitrogen and oxygen atoms in total. The Morgan fingerprint density at radius 3 is 2.36 bits per heavy atom. The Balaban J connectivity index is 1.29. The molecule has 172 valence electrons. The highest BCUT2D eigenvalue weighted by Gasteiger charge is 2.32. The highest BCUT2D eigenvalue weighted by atomic mass is 16.2. The highest BCUT2D eigenvalue weighted by Crippen LogP contribution is 2.21. The molecule has 0 spiro atoms. The van der Waals surface area contributed by atoms with E-state index in [2.05, 4.69) is 11.0 Å². The lowest BCUT2D eigenvalue weighted by atomic mass is 9.95. The number of nitriles is 1. The zero-order valence-electron chi connectivity index (χ0n) is 19.2. The van der Waals surface area contributed by atoms with E-state index in [0.29, 0.717) is 18.5 Å². The Morgan fingerprint density at radius 2 is 1.61 bits per heavy atom. The van der Waals surface area contributed by atoms with E-state index >= 15 is 0 Å². The fraction of sp³-hybridized carbons (Fsp3) is 0.444. The number of carbonyl (C=O) groups is 2. The van der Waals surface area contributed by atoms with E-state index in [1.54, 1.807) is 0 Å². The van der Waals surface area contributed by atoms with E-state index in [1.807, 2.05) is 64.4 Å². The highest BCUT2D eigenvalue weighted by molar-refractivity contribution is 5.82. The number of rotatable bonds is 5. The van der Waals surface area contributed by atoms with Crippen molar-refractivity contribution in [2.24, 2.45) is 5.92 Å². The molecule has 0 saturated carbocycles. The smallest absolute Gasteiger partial charge is 0.227 e. The first-order chi connectivity index (χ1) is 16.1. The third-order valence-corrected chi connectivity index (χ3v) is 6.71. The number of benzene rings is 2. The van der Waals surface area contributed by atoms with Crippen molar-refractivity contribution < 1.29 is 9.59 Å². The van der Waals surface area contributed by atoms with Crippen LogP contribution in [0.3, 0.4) is 0 Å². The third-order valence-electron chi connectivity index (χ3n) is 6.71. The molecule has 2 aromatic rings. The van der Waals surface area contributed by atoms with Crippen molar-refractivity contribution in [3.8, 4) is 6.07 Å². The van der Waals surface area contributed by atoms with Crippen LogP contribution in [0.25, 0.3) is 0 Å². The van der Waals surface area contributed by atoms with Crippen molar-refractivity contribution in [3.05, 3.63) is 71.3 Å². The van der Waals surface area contributed by atoms with Gasteiger partial charge in [0.15, 0.2) is 0 Å². The Labute approximate surface area is 196 Å². The SMILES string of the molecule is N#Cc1ccc(CN2CCCN(C(=O)C3CCCN(C(=O)Cc4ccccc4)C3)CC2)cc1. The molecule has 6 heteroatoms. The minimum Gasteiger partial charge on any atom is -0.342 e. The number of hydrogen-bond acceptors (Lipinski definition) is 4. The van der Waals surface area contributed by atoms with Gasteiger partial charge in [-0.15, -0.1) is 0 Å². The molecule has 2 heterocycles. The molecule has 1 unspecified atom stereocenters. The molecule has 33 heavy (non-hydrogen) atoms. The van der Waals surface area contributed by atoms with Gasteiger partial charge in [-0.3, -0.25) is 14.5 Å². The largest absolute Gasteiger partial charge is 0.342 e. The summed E-state index contributed by atoms with van der Waals surface area (Å²) in [5.41, 5.74) is 2.88. The molecule has 1 atom stereocenters. The number of likely N-dealkylation sites (tertiary alicyclic amines) is 1. The summed E-state index contributed by atoms with van der Waals surface area (Å²) >= 11 is 0. The summed E-state index contributed by atoms with van der Waals surface area (Å²) in [4.78, 5) is 32.4. The first-order valence-corrected chi connectivity index (χ1v) is 11.9. The number of amides is 2. The monoisotopic (exact) mass is 444 g/mol. The summed E-state index contributed by atoms with van der Waals surface area (Å²) in [7, 11) is 0. The Morgan fingerprint density at radius 1 is 0.848 bits per heavy atom. The Bertz CT molecular complexity index is 983. The quantitative estimate of drug-likeness (QED) is 0.711. The molecular formula is C27H32N4O2. The minimum absolute atomic E-state index is 0.0939. The van der Waals surface area contributed by atoms with E-state index < -0.39 is 0 Å². The van der Waals surface area contributed by atoms with Crippen molar-refractivity contribution in [2.45, 2.75) is 32.2 Å². The second kappa shape index (κ2) is 11.1. The molecule has 2 aliphatic rings. The van der Waals surface area contributed by atoms with Crippen LogP contribution in [0.15, 0.2) is 54.6 Å². The predicted molar refractivity (Wildman–Crippen MR) is 127 cm³/mol. The van der Waals surface area contributed by atoms with Gasteiger partial charge in [0.1, 0.15) is 0 Å². The summed E-state index contributed by atoms with van der Waals surface area (Å²) in [6, 6.07) is 19.7. The van der Waals surface area contributed by atoms with Crippen molar-refractivity contribution in [2.75, 3.05) is 39.3 Å². The average Bonchev–Trinajstić information content (AvgIpc) is 3.10. The van der Waals surface area contributed by atoms with Crippen LogP contribution in [0.5, 0.6) is 0 Å². The molecule has 2 amide bonds. The van der Waals surface area contributed by atoms with Crippen molar-refractivity contribution in [1.82, 2.24) is 14.7 Å². The van der Waals surface area contributed by atoms with Gasteiger partial charge in [-0.25, -0.2) is 0 Å². The van der Waals surface area contributed by atoms with Crippen LogP contribution in [0.1, 0.15) is 36.0 Å². The number of nitrogens with zero attached hydrogens (tertiary/aromatic N) is 4. The van der Waals surface area contributed by atoms with Crippen molar-refractivity contribution >= 4 is 11.8 Å². The second-order valence-corrected chi connectivity index (χ2v) is 9.10. The van der Waals surface area contributed by atoms with Gasteiger partial charge in [-0.2, -0.15) is 5.26 Å². The van der Waals surface area contributed by atoms with Crippen LogP contribution in [0.4, 0.5) is 0 Å². The van der Waals surface area contributed by atoms with Crippen molar-refractivity contribution in [1.29, 1.82) is 5.26 Å². The lowest BCUT2D eigenvalue weighted by Crippen LogP contribution is -2.47. The first-order valence-electron chi connectivity index (χ1n) is 11.9. The molecule has 2 saturated heterocycles. The standard InChI is InChI=1S/C27H32N4O2/c28-19-23-9-11-24(12-10-23)20-29-13-5-15-30(17-16-29)27(33)25-8-4-14-31(21-25)26(32)18-22-6-2-1-3-7-22/h1-3,6-7,9-12,25H,4-5,8,13-18,20-21H2. The fourth-order valence-electron chi connectivity index (χ4n) is 4.84. The first kappa shape index (κ1) is 23.0. The van der Waals surface area contributed by atoms with Crippen LogP contribution in [0, 0.1) is 17.2 Å². The van der Waals surface area contributed by atoms with Gasteiger partial charge in [0.2, 0.25) is 11.8 Å². The van der Waals surface area contributed by atoms with E-state index in [4.69, 9.17) is 5.26 Å². The fourth-order valence-corrected chi connectivity index (χ4v) is 4.84. The van der Waals surface area contributed by atoms with E-state index in [-0.39, 0.29) is 17.7 Å². The lowest BCUT2D eigenvalue weighted by Gasteiger charge is -2.35. The maximum Gasteiger partial charge on any atom is 0.227 e. The maximum atomic E-state index is 13.3. The molecule has 0 N–H and O–H groups in total. The molecule has 0 aliphatic carbocycles. The molecule has 4 rings (SSSR count).